The summed E-state index contributed by atoms with van der Waals surface area (Å²) in [4.78, 5) is 37.4. The number of anilines is 2. The largest absolute Gasteiger partial charge is 0.455 e. The number of hydrogen-bond acceptors (Lipinski definition) is 11. The van der Waals surface area contributed by atoms with Crippen molar-refractivity contribution in [2.24, 2.45) is 11.3 Å². The zero-order valence-electron chi connectivity index (χ0n) is 33.1. The van der Waals surface area contributed by atoms with E-state index in [1.54, 1.807) is 30.6 Å². The van der Waals surface area contributed by atoms with Gasteiger partial charge in [-0.1, -0.05) is 34.1 Å². The Morgan fingerprint density at radius 1 is 1.02 bits per heavy atom. The molecule has 9 rings (SSSR count). The van der Waals surface area contributed by atoms with Crippen molar-refractivity contribution in [1.82, 2.24) is 19.6 Å². The maximum absolute atomic E-state index is 13.9. The number of carbonyl (C=O) groups is 1. The average Bonchev–Trinajstić information content (AvgIpc) is 3.92. The van der Waals surface area contributed by atoms with Gasteiger partial charge in [-0.15, -0.1) is 0 Å². The first-order valence-corrected chi connectivity index (χ1v) is 23.0. The number of nitro groups is 1. The Kier molecular flexibility index (Phi) is 11.3. The van der Waals surface area contributed by atoms with Crippen LogP contribution in [0.5, 0.6) is 11.5 Å². The lowest BCUT2D eigenvalue weighted by Crippen LogP contribution is -2.54. The number of benzene rings is 3. The molecular weight excluding hydrogens is 850 g/mol. The van der Waals surface area contributed by atoms with Crippen LogP contribution >= 0.6 is 15.9 Å². The van der Waals surface area contributed by atoms with Crippen molar-refractivity contribution in [1.29, 1.82) is 0 Å². The number of nitrogens with one attached hydrogen (secondary N) is 3. The van der Waals surface area contributed by atoms with Gasteiger partial charge < -0.3 is 24.7 Å². The Hall–Kier alpha value is -5.03. The lowest BCUT2D eigenvalue weighted by atomic mass is 9.60. The second-order valence-electron chi connectivity index (χ2n) is 16.6. The molecule has 4 fully saturated rings. The van der Waals surface area contributed by atoms with Crippen LogP contribution in [-0.2, 0) is 14.8 Å². The van der Waals surface area contributed by atoms with Gasteiger partial charge in [0.15, 0.2) is 0 Å². The van der Waals surface area contributed by atoms with E-state index < -0.39 is 31.4 Å². The second-order valence-corrected chi connectivity index (χ2v) is 19.2. The van der Waals surface area contributed by atoms with Gasteiger partial charge in [-0.3, -0.25) is 19.8 Å². The van der Waals surface area contributed by atoms with E-state index in [0.717, 1.165) is 62.5 Å². The number of nitrogens with zero attached hydrogens (tertiary/aromatic N) is 4. The molecule has 5 heterocycles. The van der Waals surface area contributed by atoms with E-state index in [9.17, 15) is 23.3 Å². The number of nitro benzene ring substituents is 1. The van der Waals surface area contributed by atoms with Gasteiger partial charge in [0, 0.05) is 78.8 Å². The molecule has 4 aliphatic rings. The highest BCUT2D eigenvalue weighted by Crippen LogP contribution is 2.54. The molecule has 1 aliphatic carbocycles. The quantitative estimate of drug-likeness (QED) is 0.0809. The van der Waals surface area contributed by atoms with Crippen LogP contribution in [0.15, 0.2) is 94.6 Å². The zero-order valence-corrected chi connectivity index (χ0v) is 35.5. The molecule has 1 saturated carbocycles. The van der Waals surface area contributed by atoms with Crippen molar-refractivity contribution >= 4 is 60.0 Å². The van der Waals surface area contributed by atoms with E-state index in [-0.39, 0.29) is 22.9 Å². The van der Waals surface area contributed by atoms with Gasteiger partial charge in [-0.05, 0) is 117 Å². The molecular formula is C44H48BrN7O7S. The van der Waals surface area contributed by atoms with Crippen LogP contribution in [0.1, 0.15) is 73.3 Å². The SMILES string of the molecule is O=C(NS(=O)(=O)c1ccc(NCC2CCOCC2)c([N+](=O)[O-])c1)c1ccc(N2CCC3(CC2)CC(N2CCC[C@H]2c2ccccc2Br)C3)cc1Oc1cnc2[nH]ccc2c1. The number of ether oxygens (including phenoxy) is 2. The molecule has 14 nitrogen and oxygen atoms in total. The minimum absolute atomic E-state index is 0.0127. The first kappa shape index (κ1) is 40.4. The number of fused-ring (bicyclic) bond motifs is 1. The highest BCUT2D eigenvalue weighted by atomic mass is 79.9. The summed E-state index contributed by atoms with van der Waals surface area (Å²) < 4.78 is 42.4. The maximum Gasteiger partial charge on any atom is 0.293 e. The molecule has 0 unspecified atom stereocenters. The first-order valence-electron chi connectivity index (χ1n) is 20.7. The van der Waals surface area contributed by atoms with Gasteiger partial charge in [0.25, 0.3) is 21.6 Å². The molecule has 3 N–H and O–H groups in total. The third-order valence-corrected chi connectivity index (χ3v) is 15.0. The third kappa shape index (κ3) is 8.34. The highest BCUT2D eigenvalue weighted by Gasteiger charge is 2.50. The molecule has 5 aromatic rings. The van der Waals surface area contributed by atoms with E-state index >= 15 is 0 Å². The third-order valence-electron chi connectivity index (χ3n) is 13.0. The van der Waals surface area contributed by atoms with Crippen molar-refractivity contribution in [2.75, 3.05) is 49.6 Å². The number of halogens is 1. The summed E-state index contributed by atoms with van der Waals surface area (Å²) in [6, 6.07) is 22.0. The number of likely N-dealkylation sites (tertiary alicyclic amines) is 1. The van der Waals surface area contributed by atoms with Crippen LogP contribution < -0.4 is 19.7 Å². The normalized spacial score (nSPS) is 19.9. The lowest BCUT2D eigenvalue weighted by Gasteiger charge is -2.56. The molecule has 16 heteroatoms. The van der Waals surface area contributed by atoms with Crippen molar-refractivity contribution in [2.45, 2.75) is 68.3 Å². The van der Waals surface area contributed by atoms with Gasteiger partial charge in [0.1, 0.15) is 22.8 Å². The first-order chi connectivity index (χ1) is 29.0. The number of amides is 1. The fourth-order valence-electron chi connectivity index (χ4n) is 9.63. The van der Waals surface area contributed by atoms with Crippen molar-refractivity contribution in [3.05, 3.63) is 111 Å². The number of aromatic amines is 1. The molecule has 60 heavy (non-hydrogen) atoms. The van der Waals surface area contributed by atoms with E-state index in [0.29, 0.717) is 48.7 Å². The van der Waals surface area contributed by atoms with E-state index in [4.69, 9.17) is 9.47 Å². The van der Waals surface area contributed by atoms with Crippen LogP contribution in [-0.4, -0.2) is 79.6 Å². The van der Waals surface area contributed by atoms with Crippen LogP contribution in [0.2, 0.25) is 0 Å². The highest BCUT2D eigenvalue weighted by molar-refractivity contribution is 9.10. The Labute approximate surface area is 357 Å². The molecule has 1 amide bonds. The number of sulfonamides is 1. The predicted octanol–water partition coefficient (Wildman–Crippen LogP) is 8.57. The smallest absolute Gasteiger partial charge is 0.293 e. The van der Waals surface area contributed by atoms with E-state index in [2.05, 4.69) is 70.0 Å². The molecule has 3 aromatic carbocycles. The van der Waals surface area contributed by atoms with Crippen molar-refractivity contribution in [3.63, 3.8) is 0 Å². The Bertz CT molecular complexity index is 2510. The van der Waals surface area contributed by atoms with Gasteiger partial charge >= 0.3 is 0 Å². The maximum atomic E-state index is 13.9. The Morgan fingerprint density at radius 3 is 2.60 bits per heavy atom. The van der Waals surface area contributed by atoms with Crippen molar-refractivity contribution < 1.29 is 27.6 Å². The summed E-state index contributed by atoms with van der Waals surface area (Å²) in [5.74, 6) is -0.121. The Balaban J connectivity index is 0.907. The van der Waals surface area contributed by atoms with Gasteiger partial charge in [0.2, 0.25) is 0 Å². The number of piperidine rings is 1. The molecule has 1 atom stereocenters. The molecule has 1 spiro atoms. The Morgan fingerprint density at radius 2 is 1.82 bits per heavy atom. The van der Waals surface area contributed by atoms with Crippen LogP contribution in [0.25, 0.3) is 11.0 Å². The summed E-state index contributed by atoms with van der Waals surface area (Å²) in [5, 5.41) is 16.0. The molecule has 0 radical (unpaired) electrons. The average molecular weight is 899 g/mol. The minimum atomic E-state index is -4.54. The lowest BCUT2D eigenvalue weighted by molar-refractivity contribution is -0.384. The summed E-state index contributed by atoms with van der Waals surface area (Å²) in [7, 11) is -4.54. The summed E-state index contributed by atoms with van der Waals surface area (Å²) in [6.07, 6.45) is 11.9. The molecule has 0 bridgehead atoms. The van der Waals surface area contributed by atoms with Gasteiger partial charge in [-0.2, -0.15) is 0 Å². The number of H-pyrrole nitrogens is 1. The number of rotatable bonds is 12. The molecule has 3 aliphatic heterocycles. The fourth-order valence-corrected chi connectivity index (χ4v) is 11.2. The topological polar surface area (TPSA) is 172 Å². The van der Waals surface area contributed by atoms with Crippen LogP contribution in [0.3, 0.4) is 0 Å². The van der Waals surface area contributed by atoms with Gasteiger partial charge in [-0.25, -0.2) is 18.1 Å². The van der Waals surface area contributed by atoms with E-state index in [1.807, 2.05) is 12.1 Å². The fraction of sp³-hybridized carbons (Fsp3) is 0.409. The summed E-state index contributed by atoms with van der Waals surface area (Å²) in [5.41, 5.74) is 3.01. The molecule has 314 valence electrons. The second kappa shape index (κ2) is 16.8. The monoisotopic (exact) mass is 897 g/mol. The molecule has 3 saturated heterocycles. The number of aromatic nitrogens is 2. The molecule has 2 aromatic heterocycles. The number of hydrogen-bond donors (Lipinski definition) is 3. The van der Waals surface area contributed by atoms with Crippen molar-refractivity contribution in [3.8, 4) is 11.5 Å². The van der Waals surface area contributed by atoms with Gasteiger partial charge in [0.05, 0.1) is 21.6 Å². The standard InChI is InChI=1S/C44H48BrN7O7S/c45-37-5-2-1-4-35(37)39-6-3-17-51(39)32-25-44(26-32)14-18-50(19-15-44)31-7-9-36(41(23-31)59-33-22-30-11-16-46-42(30)48-28-33)43(53)49-60(56,57)34-8-10-38(40(24-34)52(54)55)47-27-29-12-20-58-21-13-29/h1-2,4-5,7-11,16,22-24,28-29,32,39,47H,3,6,12-15,17-21,25-27H2,(H,46,48)(H,49,53)/t39-/m0/s1. The van der Waals surface area contributed by atoms with Crippen LogP contribution in [0, 0.1) is 21.4 Å². The summed E-state index contributed by atoms with van der Waals surface area (Å²) >= 11 is 3.79. The zero-order chi connectivity index (χ0) is 41.4. The van der Waals surface area contributed by atoms with Crippen LogP contribution in [0.4, 0.5) is 17.1 Å². The predicted molar refractivity (Wildman–Crippen MR) is 232 cm³/mol. The number of pyridine rings is 1. The summed E-state index contributed by atoms with van der Waals surface area (Å²) in [6.45, 7) is 4.57. The number of carbonyl (C=O) groups excluding carboxylic acids is 1. The minimum Gasteiger partial charge on any atom is -0.455 e. The van der Waals surface area contributed by atoms with E-state index in [1.165, 1.54) is 47.9 Å².